The first-order chi connectivity index (χ1) is 24.7. The first-order valence-electron chi connectivity index (χ1n) is 23.0. The monoisotopic (exact) mass is 707 g/mol. The molecule has 50 heavy (non-hydrogen) atoms. The number of aliphatic carboxylic acids is 1. The van der Waals surface area contributed by atoms with Crippen molar-refractivity contribution in [2.75, 3.05) is 6.61 Å². The molecule has 0 rings (SSSR count). The number of unbranched alkanes of at least 4 members (excludes halogenated alkanes) is 38. The summed E-state index contributed by atoms with van der Waals surface area (Å²) in [5.74, 6) is -0.631. The summed E-state index contributed by atoms with van der Waals surface area (Å²) in [6.45, 7) is 2.91. The molecule has 0 aliphatic heterocycles. The Morgan fingerprint density at radius 2 is 0.540 bits per heavy atom. The van der Waals surface area contributed by atoms with E-state index in [9.17, 15) is 9.59 Å². The van der Waals surface area contributed by atoms with Crippen molar-refractivity contribution >= 4 is 11.9 Å². The van der Waals surface area contributed by atoms with Crippen LogP contribution in [0.15, 0.2) is 0 Å². The van der Waals surface area contributed by atoms with Gasteiger partial charge in [0.1, 0.15) is 0 Å². The van der Waals surface area contributed by atoms with Crippen molar-refractivity contribution < 1.29 is 19.4 Å². The van der Waals surface area contributed by atoms with E-state index in [0.717, 1.165) is 25.7 Å². The molecule has 0 aromatic heterocycles. The normalized spacial score (nSPS) is 11.4. The van der Waals surface area contributed by atoms with E-state index in [4.69, 9.17) is 9.84 Å². The maximum Gasteiger partial charge on any atom is 0.305 e. The lowest BCUT2D eigenvalue weighted by Crippen LogP contribution is -2.05. The highest BCUT2D eigenvalue weighted by molar-refractivity contribution is 5.69. The fourth-order valence-electron chi connectivity index (χ4n) is 7.34. The van der Waals surface area contributed by atoms with Crippen LogP contribution in [0.1, 0.15) is 277 Å². The summed E-state index contributed by atoms with van der Waals surface area (Å²) in [4.78, 5) is 22.5. The predicted molar refractivity (Wildman–Crippen MR) is 218 cm³/mol. The van der Waals surface area contributed by atoms with E-state index in [1.807, 2.05) is 0 Å². The summed E-state index contributed by atoms with van der Waals surface area (Å²) in [6, 6.07) is 0. The molecule has 0 aromatic carbocycles. The van der Waals surface area contributed by atoms with Crippen molar-refractivity contribution in [3.05, 3.63) is 0 Å². The van der Waals surface area contributed by atoms with Gasteiger partial charge in [0.2, 0.25) is 0 Å². The molecule has 0 unspecified atom stereocenters. The van der Waals surface area contributed by atoms with Crippen molar-refractivity contribution in [1.82, 2.24) is 0 Å². The minimum Gasteiger partial charge on any atom is -0.481 e. The molecule has 0 atom stereocenters. The number of carboxylic acid groups (broad SMARTS) is 1. The van der Waals surface area contributed by atoms with Crippen LogP contribution in [-0.2, 0) is 14.3 Å². The zero-order valence-electron chi connectivity index (χ0n) is 34.1. The van der Waals surface area contributed by atoms with E-state index in [1.165, 1.54) is 231 Å². The van der Waals surface area contributed by atoms with Crippen LogP contribution in [0.4, 0.5) is 0 Å². The first-order valence-corrected chi connectivity index (χ1v) is 23.0. The molecule has 4 nitrogen and oxygen atoms in total. The van der Waals surface area contributed by atoms with Gasteiger partial charge in [-0.05, 0) is 19.3 Å². The molecule has 0 bridgehead atoms. The Labute approximate surface area is 313 Å². The molecule has 1 N–H and O–H groups in total. The summed E-state index contributed by atoms with van der Waals surface area (Å²) in [6.07, 6.45) is 54.5. The molecular weight excluding hydrogens is 617 g/mol. The van der Waals surface area contributed by atoms with Gasteiger partial charge >= 0.3 is 11.9 Å². The standard InChI is InChI=1S/C46H90O4/c1-2-3-4-5-6-7-8-24-28-31-34-37-40-43-46(49)50-44-41-38-35-32-29-26-23-21-19-17-15-13-11-9-10-12-14-16-18-20-22-25-27-30-33-36-39-42-45(47)48/h2-44H2,1H3,(H,47,48). The fourth-order valence-corrected chi connectivity index (χ4v) is 7.34. The first kappa shape index (κ1) is 48.9. The van der Waals surface area contributed by atoms with E-state index < -0.39 is 5.97 Å². The third kappa shape index (κ3) is 45.0. The minimum absolute atomic E-state index is 0.0221. The van der Waals surface area contributed by atoms with Crippen LogP contribution in [0, 0.1) is 0 Å². The molecule has 0 saturated heterocycles. The Morgan fingerprint density at radius 3 is 0.800 bits per heavy atom. The smallest absolute Gasteiger partial charge is 0.305 e. The highest BCUT2D eigenvalue weighted by Crippen LogP contribution is 2.17. The van der Waals surface area contributed by atoms with E-state index in [1.54, 1.807) is 0 Å². The third-order valence-corrected chi connectivity index (χ3v) is 10.8. The fraction of sp³-hybridized carbons (Fsp3) is 0.957. The summed E-state index contributed by atoms with van der Waals surface area (Å²) in [5, 5.41) is 8.65. The van der Waals surface area contributed by atoms with Gasteiger partial charge in [-0.3, -0.25) is 9.59 Å². The van der Waals surface area contributed by atoms with Gasteiger partial charge in [-0.15, -0.1) is 0 Å². The quantitative estimate of drug-likeness (QED) is 0.0506. The highest BCUT2D eigenvalue weighted by atomic mass is 16.5. The van der Waals surface area contributed by atoms with E-state index in [-0.39, 0.29) is 5.97 Å². The van der Waals surface area contributed by atoms with Gasteiger partial charge in [0, 0.05) is 12.8 Å². The summed E-state index contributed by atoms with van der Waals surface area (Å²) >= 11 is 0. The Bertz CT molecular complexity index is 663. The molecular formula is C46H90O4. The largest absolute Gasteiger partial charge is 0.481 e. The van der Waals surface area contributed by atoms with Crippen molar-refractivity contribution in [2.24, 2.45) is 0 Å². The second kappa shape index (κ2) is 44.1. The van der Waals surface area contributed by atoms with Crippen LogP contribution in [-0.4, -0.2) is 23.7 Å². The van der Waals surface area contributed by atoms with Crippen LogP contribution in [0.25, 0.3) is 0 Å². The van der Waals surface area contributed by atoms with Gasteiger partial charge in [-0.25, -0.2) is 0 Å². The van der Waals surface area contributed by atoms with E-state index in [0.29, 0.717) is 19.4 Å². The molecule has 0 aliphatic carbocycles. The molecule has 0 radical (unpaired) electrons. The number of ether oxygens (including phenoxy) is 1. The van der Waals surface area contributed by atoms with Crippen molar-refractivity contribution in [2.45, 2.75) is 277 Å². The lowest BCUT2D eigenvalue weighted by Gasteiger charge is -2.06. The van der Waals surface area contributed by atoms with Crippen molar-refractivity contribution in [3.8, 4) is 0 Å². The predicted octanol–water partition coefficient (Wildman–Crippen LogP) is 16.0. The van der Waals surface area contributed by atoms with Crippen molar-refractivity contribution in [1.29, 1.82) is 0 Å². The number of esters is 1. The maximum absolute atomic E-state index is 12.0. The number of carboxylic acids is 1. The van der Waals surface area contributed by atoms with Crippen LogP contribution in [0.2, 0.25) is 0 Å². The number of carbonyl (C=O) groups is 2. The van der Waals surface area contributed by atoms with Gasteiger partial charge in [0.25, 0.3) is 0 Å². The zero-order valence-corrected chi connectivity index (χ0v) is 34.1. The van der Waals surface area contributed by atoms with Crippen LogP contribution in [0.3, 0.4) is 0 Å². The van der Waals surface area contributed by atoms with E-state index in [2.05, 4.69) is 6.92 Å². The van der Waals surface area contributed by atoms with Gasteiger partial charge in [0.05, 0.1) is 6.61 Å². The summed E-state index contributed by atoms with van der Waals surface area (Å²) in [7, 11) is 0. The number of hydrogen-bond acceptors (Lipinski definition) is 3. The maximum atomic E-state index is 12.0. The number of carbonyl (C=O) groups excluding carboxylic acids is 1. The molecule has 0 aliphatic rings. The van der Waals surface area contributed by atoms with Crippen LogP contribution >= 0.6 is 0 Å². The SMILES string of the molecule is CCCCCCCCCCCCCCCC(=O)OCCCCCCCCCCCCCCCCCCCCCCCCCCCCCC(=O)O. The topological polar surface area (TPSA) is 63.6 Å². The third-order valence-electron chi connectivity index (χ3n) is 10.8. The van der Waals surface area contributed by atoms with E-state index >= 15 is 0 Å². The molecule has 0 amide bonds. The summed E-state index contributed by atoms with van der Waals surface area (Å²) < 4.78 is 5.46. The number of rotatable bonds is 44. The van der Waals surface area contributed by atoms with Gasteiger partial charge in [0.15, 0.2) is 0 Å². The van der Waals surface area contributed by atoms with Gasteiger partial charge in [-0.2, -0.15) is 0 Å². The second-order valence-electron chi connectivity index (χ2n) is 15.9. The summed E-state index contributed by atoms with van der Waals surface area (Å²) in [5.41, 5.74) is 0. The van der Waals surface area contributed by atoms with Gasteiger partial charge in [-0.1, -0.05) is 244 Å². The molecule has 0 heterocycles. The second-order valence-corrected chi connectivity index (χ2v) is 15.9. The van der Waals surface area contributed by atoms with Gasteiger partial charge < -0.3 is 9.84 Å². The minimum atomic E-state index is -0.653. The number of hydrogen-bond donors (Lipinski definition) is 1. The molecule has 0 spiro atoms. The van der Waals surface area contributed by atoms with Crippen molar-refractivity contribution in [3.63, 3.8) is 0 Å². The Morgan fingerprint density at radius 1 is 0.320 bits per heavy atom. The molecule has 4 heteroatoms. The lowest BCUT2D eigenvalue weighted by molar-refractivity contribution is -0.144. The van der Waals surface area contributed by atoms with Crippen LogP contribution in [0.5, 0.6) is 0 Å². The Balaban J connectivity index is 3.13. The zero-order chi connectivity index (χ0) is 36.3. The molecule has 0 fully saturated rings. The van der Waals surface area contributed by atoms with Crippen LogP contribution < -0.4 is 0 Å². The average molecular weight is 707 g/mol. The highest BCUT2D eigenvalue weighted by Gasteiger charge is 2.03. The molecule has 298 valence electrons. The lowest BCUT2D eigenvalue weighted by atomic mass is 10.0. The Hall–Kier alpha value is -1.06. The Kier molecular flexibility index (Phi) is 43.2. The molecule has 0 saturated carbocycles. The molecule has 0 aromatic rings. The average Bonchev–Trinajstić information content (AvgIpc) is 3.11.